The first-order valence-electron chi connectivity index (χ1n) is 5.97. The number of amides is 2. The highest BCUT2D eigenvalue weighted by atomic mass is 32.1. The van der Waals surface area contributed by atoms with Gasteiger partial charge < -0.3 is 10.2 Å². The van der Waals surface area contributed by atoms with Crippen LogP contribution in [-0.4, -0.2) is 29.3 Å². The molecule has 1 aromatic heterocycles. The standard InChI is InChI=1S/C13H18N2O2S/c1-13(2,3)11-12(17)15(7-10(16)14-11)6-9-4-5-18-8-9/h4-5,8,11H,6-7H2,1-3H3,(H,14,16). The molecule has 0 aromatic carbocycles. The van der Waals surface area contributed by atoms with Crippen LogP contribution in [0.15, 0.2) is 16.8 Å². The van der Waals surface area contributed by atoms with Gasteiger partial charge in [-0.2, -0.15) is 11.3 Å². The van der Waals surface area contributed by atoms with Gasteiger partial charge in [0, 0.05) is 6.54 Å². The van der Waals surface area contributed by atoms with Gasteiger partial charge in [-0.15, -0.1) is 0 Å². The molecule has 1 N–H and O–H groups in total. The maximum atomic E-state index is 12.4. The van der Waals surface area contributed by atoms with Gasteiger partial charge in [0.2, 0.25) is 11.8 Å². The summed E-state index contributed by atoms with van der Waals surface area (Å²) in [5, 5.41) is 6.77. The Morgan fingerprint density at radius 3 is 2.72 bits per heavy atom. The molecule has 1 fully saturated rings. The molecule has 1 atom stereocenters. The zero-order valence-corrected chi connectivity index (χ0v) is 11.7. The van der Waals surface area contributed by atoms with Crippen LogP contribution in [0.5, 0.6) is 0 Å². The van der Waals surface area contributed by atoms with Crippen molar-refractivity contribution in [3.8, 4) is 0 Å². The third kappa shape index (κ3) is 2.72. The van der Waals surface area contributed by atoms with Gasteiger partial charge in [-0.25, -0.2) is 0 Å². The van der Waals surface area contributed by atoms with E-state index in [-0.39, 0.29) is 23.8 Å². The van der Waals surface area contributed by atoms with E-state index in [2.05, 4.69) is 5.32 Å². The van der Waals surface area contributed by atoms with E-state index in [1.807, 2.05) is 37.6 Å². The Bertz CT molecular complexity index is 448. The second-order valence-corrected chi connectivity index (χ2v) is 6.47. The zero-order valence-electron chi connectivity index (χ0n) is 10.9. The van der Waals surface area contributed by atoms with Crippen LogP contribution in [0.4, 0.5) is 0 Å². The molecule has 1 aromatic rings. The first kappa shape index (κ1) is 13.1. The summed E-state index contributed by atoms with van der Waals surface area (Å²) in [5.74, 6) is -0.0712. The Balaban J connectivity index is 2.15. The van der Waals surface area contributed by atoms with E-state index in [1.165, 1.54) is 0 Å². The number of nitrogens with one attached hydrogen (secondary N) is 1. The maximum absolute atomic E-state index is 12.4. The lowest BCUT2D eigenvalue weighted by atomic mass is 9.84. The number of carbonyl (C=O) groups excluding carboxylic acids is 2. The van der Waals surface area contributed by atoms with Gasteiger partial charge in [0.1, 0.15) is 6.04 Å². The molecule has 0 saturated carbocycles. The fraction of sp³-hybridized carbons (Fsp3) is 0.538. The molecule has 2 amide bonds. The van der Waals surface area contributed by atoms with Crippen LogP contribution in [0.3, 0.4) is 0 Å². The Morgan fingerprint density at radius 2 is 2.17 bits per heavy atom. The van der Waals surface area contributed by atoms with Crippen LogP contribution in [0.2, 0.25) is 0 Å². The van der Waals surface area contributed by atoms with Crippen LogP contribution < -0.4 is 5.32 Å². The highest BCUT2D eigenvalue weighted by Crippen LogP contribution is 2.24. The van der Waals surface area contributed by atoms with Gasteiger partial charge >= 0.3 is 0 Å². The molecule has 18 heavy (non-hydrogen) atoms. The normalized spacial score (nSPS) is 21.1. The van der Waals surface area contributed by atoms with Crippen LogP contribution in [0.1, 0.15) is 26.3 Å². The van der Waals surface area contributed by atoms with Gasteiger partial charge in [0.25, 0.3) is 0 Å². The smallest absolute Gasteiger partial charge is 0.246 e. The second-order valence-electron chi connectivity index (χ2n) is 5.69. The molecule has 4 nitrogen and oxygen atoms in total. The van der Waals surface area contributed by atoms with E-state index in [0.717, 1.165) is 5.56 Å². The van der Waals surface area contributed by atoms with E-state index in [4.69, 9.17) is 0 Å². The molecule has 1 aliphatic heterocycles. The Labute approximate surface area is 111 Å². The maximum Gasteiger partial charge on any atom is 0.246 e. The average molecular weight is 266 g/mol. The fourth-order valence-corrected chi connectivity index (χ4v) is 2.69. The van der Waals surface area contributed by atoms with Gasteiger partial charge in [-0.3, -0.25) is 9.59 Å². The van der Waals surface area contributed by atoms with Crippen molar-refractivity contribution in [2.45, 2.75) is 33.4 Å². The Hall–Kier alpha value is -1.36. The fourth-order valence-electron chi connectivity index (χ4n) is 2.03. The molecule has 2 heterocycles. The number of thiophene rings is 1. The lowest BCUT2D eigenvalue weighted by molar-refractivity contribution is -0.147. The summed E-state index contributed by atoms with van der Waals surface area (Å²) < 4.78 is 0. The van der Waals surface area contributed by atoms with E-state index in [0.29, 0.717) is 6.54 Å². The summed E-state index contributed by atoms with van der Waals surface area (Å²) >= 11 is 1.60. The largest absolute Gasteiger partial charge is 0.342 e. The van der Waals surface area contributed by atoms with E-state index < -0.39 is 6.04 Å². The van der Waals surface area contributed by atoms with Crippen molar-refractivity contribution in [3.63, 3.8) is 0 Å². The molecule has 0 aliphatic carbocycles. The number of nitrogens with zero attached hydrogens (tertiary/aromatic N) is 1. The first-order chi connectivity index (χ1) is 8.38. The van der Waals surface area contributed by atoms with Crippen LogP contribution >= 0.6 is 11.3 Å². The third-order valence-corrected chi connectivity index (χ3v) is 3.75. The summed E-state index contributed by atoms with van der Waals surface area (Å²) in [5.41, 5.74) is 0.816. The molecule has 1 saturated heterocycles. The topological polar surface area (TPSA) is 49.4 Å². The first-order valence-corrected chi connectivity index (χ1v) is 6.91. The minimum Gasteiger partial charge on any atom is -0.342 e. The monoisotopic (exact) mass is 266 g/mol. The van der Waals surface area contributed by atoms with Gasteiger partial charge in [-0.05, 0) is 27.8 Å². The zero-order chi connectivity index (χ0) is 13.3. The lowest BCUT2D eigenvalue weighted by Gasteiger charge is -2.38. The van der Waals surface area contributed by atoms with E-state index >= 15 is 0 Å². The van der Waals surface area contributed by atoms with Crippen molar-refractivity contribution in [1.29, 1.82) is 0 Å². The Morgan fingerprint density at radius 1 is 1.44 bits per heavy atom. The average Bonchev–Trinajstić information content (AvgIpc) is 2.74. The third-order valence-electron chi connectivity index (χ3n) is 3.02. The summed E-state index contributed by atoms with van der Waals surface area (Å²) in [7, 11) is 0. The highest BCUT2D eigenvalue weighted by molar-refractivity contribution is 7.07. The molecule has 1 unspecified atom stereocenters. The minimum atomic E-state index is -0.433. The van der Waals surface area contributed by atoms with Crippen LogP contribution in [0, 0.1) is 5.41 Å². The molecular formula is C13H18N2O2S. The molecule has 1 aliphatic rings. The van der Waals surface area contributed by atoms with Gasteiger partial charge in [-0.1, -0.05) is 20.8 Å². The summed E-state index contributed by atoms with van der Waals surface area (Å²) in [4.78, 5) is 25.7. The molecule has 5 heteroatoms. The SMILES string of the molecule is CC(C)(C)C1NC(=O)CN(Cc2ccsc2)C1=O. The van der Waals surface area contributed by atoms with Crippen molar-refractivity contribution in [3.05, 3.63) is 22.4 Å². The van der Waals surface area contributed by atoms with E-state index in [1.54, 1.807) is 16.2 Å². The summed E-state index contributed by atoms with van der Waals surface area (Å²) in [6, 6.07) is 1.55. The number of hydrogen-bond acceptors (Lipinski definition) is 3. The van der Waals surface area contributed by atoms with Gasteiger partial charge in [0.15, 0.2) is 0 Å². The van der Waals surface area contributed by atoms with Crippen molar-refractivity contribution in [2.75, 3.05) is 6.54 Å². The van der Waals surface area contributed by atoms with Crippen LogP contribution in [0.25, 0.3) is 0 Å². The predicted molar refractivity (Wildman–Crippen MR) is 71.1 cm³/mol. The Kier molecular flexibility index (Phi) is 3.43. The second kappa shape index (κ2) is 4.72. The number of piperazine rings is 1. The highest BCUT2D eigenvalue weighted by Gasteiger charge is 2.39. The number of carbonyl (C=O) groups is 2. The summed E-state index contributed by atoms with van der Waals surface area (Å²) in [6.07, 6.45) is 0. The van der Waals surface area contributed by atoms with Gasteiger partial charge in [0.05, 0.1) is 6.54 Å². The molecule has 0 spiro atoms. The predicted octanol–water partition coefficient (Wildman–Crippen LogP) is 1.62. The molecule has 98 valence electrons. The van der Waals surface area contributed by atoms with Crippen molar-refractivity contribution < 1.29 is 9.59 Å². The molecule has 0 bridgehead atoms. The lowest BCUT2D eigenvalue weighted by Crippen LogP contribution is -2.61. The quantitative estimate of drug-likeness (QED) is 0.884. The minimum absolute atomic E-state index is 0.00769. The molecular weight excluding hydrogens is 248 g/mol. The number of rotatable bonds is 2. The van der Waals surface area contributed by atoms with E-state index in [9.17, 15) is 9.59 Å². The molecule has 2 rings (SSSR count). The number of hydrogen-bond donors (Lipinski definition) is 1. The van der Waals surface area contributed by atoms with Crippen molar-refractivity contribution >= 4 is 23.2 Å². The van der Waals surface area contributed by atoms with Crippen LogP contribution in [-0.2, 0) is 16.1 Å². The molecule has 0 radical (unpaired) electrons. The summed E-state index contributed by atoms with van der Waals surface area (Å²) in [6.45, 7) is 6.56. The van der Waals surface area contributed by atoms with Crippen molar-refractivity contribution in [2.24, 2.45) is 5.41 Å². The van der Waals surface area contributed by atoms with Crippen molar-refractivity contribution in [1.82, 2.24) is 10.2 Å².